The molecule has 172 valence electrons. The van der Waals surface area contributed by atoms with Gasteiger partial charge in [-0.1, -0.05) is 6.07 Å². The molecule has 2 fully saturated rings. The maximum atomic E-state index is 12.7. The van der Waals surface area contributed by atoms with Gasteiger partial charge in [-0.3, -0.25) is 9.78 Å². The Morgan fingerprint density at radius 3 is 2.85 bits per heavy atom. The Labute approximate surface area is 197 Å². The van der Waals surface area contributed by atoms with Crippen molar-refractivity contribution in [2.24, 2.45) is 5.92 Å². The van der Waals surface area contributed by atoms with E-state index in [2.05, 4.69) is 49.5 Å². The van der Waals surface area contributed by atoms with E-state index in [1.807, 2.05) is 18.2 Å². The zero-order valence-electron chi connectivity index (χ0n) is 18.9. The van der Waals surface area contributed by atoms with Crippen molar-refractivity contribution >= 4 is 23.1 Å². The second-order valence-electron chi connectivity index (χ2n) is 9.08. The van der Waals surface area contributed by atoms with Gasteiger partial charge in [0.2, 0.25) is 5.91 Å². The predicted molar refractivity (Wildman–Crippen MR) is 129 cm³/mol. The van der Waals surface area contributed by atoms with Crippen molar-refractivity contribution in [2.45, 2.75) is 37.6 Å². The number of imidazole rings is 1. The van der Waals surface area contributed by atoms with Crippen LogP contribution in [0.5, 0.6) is 5.75 Å². The molecule has 2 saturated carbocycles. The predicted octanol–water partition coefficient (Wildman–Crippen LogP) is 4.36. The summed E-state index contributed by atoms with van der Waals surface area (Å²) < 4.78 is 7.37. The van der Waals surface area contributed by atoms with E-state index < -0.39 is 0 Å². The number of nitrogens with zero attached hydrogens (tertiary/aromatic N) is 4. The van der Waals surface area contributed by atoms with Gasteiger partial charge in [-0.2, -0.15) is 0 Å². The SMILES string of the molecule is COc1ccnc([C@H]2C[C@@H]2C(=O)Nc2cc(NCc3cn4cc(C5CC5)ccc4n3)ccn2)c1. The molecule has 8 nitrogen and oxygen atoms in total. The molecule has 4 heterocycles. The Morgan fingerprint density at radius 1 is 1.12 bits per heavy atom. The van der Waals surface area contributed by atoms with E-state index in [-0.39, 0.29) is 17.7 Å². The second kappa shape index (κ2) is 8.44. The average molecular weight is 455 g/mol. The minimum absolute atomic E-state index is 0.0360. The van der Waals surface area contributed by atoms with Crippen LogP contribution in [0.3, 0.4) is 0 Å². The zero-order chi connectivity index (χ0) is 23.1. The molecule has 0 radical (unpaired) electrons. The van der Waals surface area contributed by atoms with Crippen LogP contribution < -0.4 is 15.4 Å². The van der Waals surface area contributed by atoms with Gasteiger partial charge >= 0.3 is 0 Å². The van der Waals surface area contributed by atoms with Crippen LogP contribution in [0.4, 0.5) is 11.5 Å². The number of rotatable bonds is 8. The largest absolute Gasteiger partial charge is 0.497 e. The van der Waals surface area contributed by atoms with Gasteiger partial charge in [0.1, 0.15) is 17.2 Å². The third-order valence-electron chi connectivity index (χ3n) is 6.55. The summed E-state index contributed by atoms with van der Waals surface area (Å²) in [6.45, 7) is 0.587. The van der Waals surface area contributed by atoms with Crippen molar-refractivity contribution in [3.05, 3.63) is 78.1 Å². The summed E-state index contributed by atoms with van der Waals surface area (Å²) in [5.74, 6) is 1.99. The molecule has 2 aliphatic carbocycles. The number of anilines is 2. The monoisotopic (exact) mass is 454 g/mol. The molecule has 6 rings (SSSR count). The van der Waals surface area contributed by atoms with Gasteiger partial charge in [0.15, 0.2) is 0 Å². The molecule has 0 aromatic carbocycles. The topological polar surface area (TPSA) is 93.4 Å². The number of ether oxygens (including phenoxy) is 1. The summed E-state index contributed by atoms with van der Waals surface area (Å²) >= 11 is 0. The Morgan fingerprint density at radius 2 is 2.00 bits per heavy atom. The van der Waals surface area contributed by atoms with E-state index in [1.165, 1.54) is 18.4 Å². The highest BCUT2D eigenvalue weighted by Crippen LogP contribution is 2.47. The fourth-order valence-corrected chi connectivity index (χ4v) is 4.39. The number of amides is 1. The van der Waals surface area contributed by atoms with E-state index in [1.54, 1.807) is 25.6 Å². The lowest BCUT2D eigenvalue weighted by Gasteiger charge is -2.08. The molecule has 34 heavy (non-hydrogen) atoms. The lowest BCUT2D eigenvalue weighted by Crippen LogP contribution is -2.16. The third-order valence-corrected chi connectivity index (χ3v) is 6.55. The number of fused-ring (bicyclic) bond motifs is 1. The highest BCUT2D eigenvalue weighted by Gasteiger charge is 2.45. The summed E-state index contributed by atoms with van der Waals surface area (Å²) in [5, 5.41) is 6.33. The van der Waals surface area contributed by atoms with E-state index in [9.17, 15) is 4.79 Å². The van der Waals surface area contributed by atoms with Gasteiger partial charge in [0, 0.05) is 60.1 Å². The molecular formula is C26H26N6O2. The second-order valence-corrected chi connectivity index (χ2v) is 9.08. The zero-order valence-corrected chi connectivity index (χ0v) is 18.9. The van der Waals surface area contributed by atoms with Crippen LogP contribution in [0.25, 0.3) is 5.65 Å². The molecular weight excluding hydrogens is 428 g/mol. The Hall–Kier alpha value is -3.94. The highest BCUT2D eigenvalue weighted by atomic mass is 16.5. The van der Waals surface area contributed by atoms with Crippen molar-refractivity contribution in [1.29, 1.82) is 0 Å². The van der Waals surface area contributed by atoms with Gasteiger partial charge in [-0.05, 0) is 48.9 Å². The number of pyridine rings is 3. The molecule has 0 aliphatic heterocycles. The number of carbonyl (C=O) groups excluding carboxylic acids is 1. The highest BCUT2D eigenvalue weighted by molar-refractivity contribution is 5.94. The van der Waals surface area contributed by atoms with Crippen LogP contribution in [0.2, 0.25) is 0 Å². The van der Waals surface area contributed by atoms with Crippen LogP contribution in [-0.4, -0.2) is 32.4 Å². The molecule has 8 heteroatoms. The molecule has 0 saturated heterocycles. The first-order valence-corrected chi connectivity index (χ1v) is 11.6. The summed E-state index contributed by atoms with van der Waals surface area (Å²) in [7, 11) is 1.63. The van der Waals surface area contributed by atoms with E-state index >= 15 is 0 Å². The summed E-state index contributed by atoms with van der Waals surface area (Å²) in [6, 6.07) is 11.7. The quantitative estimate of drug-likeness (QED) is 0.411. The van der Waals surface area contributed by atoms with E-state index in [0.29, 0.717) is 12.4 Å². The number of hydrogen-bond donors (Lipinski definition) is 2. The number of carbonyl (C=O) groups is 1. The van der Waals surface area contributed by atoms with Crippen molar-refractivity contribution in [3.8, 4) is 5.75 Å². The van der Waals surface area contributed by atoms with Crippen molar-refractivity contribution < 1.29 is 9.53 Å². The molecule has 2 aliphatic rings. The number of nitrogens with one attached hydrogen (secondary N) is 2. The molecule has 0 unspecified atom stereocenters. The van der Waals surface area contributed by atoms with Crippen LogP contribution in [-0.2, 0) is 11.3 Å². The summed E-state index contributed by atoms with van der Waals surface area (Å²) in [5.41, 5.74) is 5.07. The average Bonchev–Trinajstić information content (AvgIpc) is 3.79. The van der Waals surface area contributed by atoms with Gasteiger partial charge in [-0.15, -0.1) is 0 Å². The minimum atomic E-state index is -0.100. The molecule has 1 amide bonds. The Kier molecular flexibility index (Phi) is 5.13. The molecule has 4 aromatic heterocycles. The summed E-state index contributed by atoms with van der Waals surface area (Å²) in [6.07, 6.45) is 11.0. The molecule has 2 atom stereocenters. The first-order valence-electron chi connectivity index (χ1n) is 11.6. The van der Waals surface area contributed by atoms with Crippen molar-refractivity contribution in [2.75, 3.05) is 17.7 Å². The summed E-state index contributed by atoms with van der Waals surface area (Å²) in [4.78, 5) is 26.1. The molecule has 4 aromatic rings. The van der Waals surface area contributed by atoms with Crippen LogP contribution >= 0.6 is 0 Å². The molecule has 0 spiro atoms. The minimum Gasteiger partial charge on any atom is -0.497 e. The van der Waals surface area contributed by atoms with Crippen molar-refractivity contribution in [1.82, 2.24) is 19.4 Å². The Bertz CT molecular complexity index is 1360. The molecule has 0 bridgehead atoms. The lowest BCUT2D eigenvalue weighted by molar-refractivity contribution is -0.117. The molecule has 2 N–H and O–H groups in total. The van der Waals surface area contributed by atoms with E-state index in [4.69, 9.17) is 9.72 Å². The number of aromatic nitrogens is 4. The van der Waals surface area contributed by atoms with Crippen LogP contribution in [0, 0.1) is 5.92 Å². The maximum Gasteiger partial charge on any atom is 0.229 e. The normalized spacial score (nSPS) is 19.1. The lowest BCUT2D eigenvalue weighted by atomic mass is 10.2. The van der Waals surface area contributed by atoms with Gasteiger partial charge < -0.3 is 19.8 Å². The fourth-order valence-electron chi connectivity index (χ4n) is 4.39. The standard InChI is InChI=1S/C26H26N6O2/c1-34-20-7-9-27-23(11-20)21-12-22(21)26(33)31-24-10-18(6-8-28-24)29-13-19-15-32-14-17(16-2-3-16)4-5-25(32)30-19/h4-11,14-16,21-22H,2-3,12-13H2,1H3,(H2,28,29,31,33)/t21-,22-/m0/s1. The third kappa shape index (κ3) is 4.31. The van der Waals surface area contributed by atoms with Crippen LogP contribution in [0.1, 0.15) is 48.0 Å². The smallest absolute Gasteiger partial charge is 0.229 e. The van der Waals surface area contributed by atoms with E-state index in [0.717, 1.165) is 40.8 Å². The Balaban J connectivity index is 1.07. The first kappa shape index (κ1) is 20.7. The fraction of sp³-hybridized carbons (Fsp3) is 0.308. The first-order chi connectivity index (χ1) is 16.7. The van der Waals surface area contributed by atoms with Crippen LogP contribution in [0.15, 0.2) is 61.2 Å². The number of methoxy groups -OCH3 is 1. The van der Waals surface area contributed by atoms with Crippen molar-refractivity contribution in [3.63, 3.8) is 0 Å². The van der Waals surface area contributed by atoms with Gasteiger partial charge in [0.05, 0.1) is 19.3 Å². The van der Waals surface area contributed by atoms with Gasteiger partial charge in [-0.25, -0.2) is 9.97 Å². The number of hydrogen-bond acceptors (Lipinski definition) is 6. The maximum absolute atomic E-state index is 12.7. The van der Waals surface area contributed by atoms with Gasteiger partial charge in [0.25, 0.3) is 0 Å².